The maximum absolute atomic E-state index is 11.8. The van der Waals surface area contributed by atoms with E-state index in [9.17, 15) is 12.6 Å². The second kappa shape index (κ2) is 5.18. The topological polar surface area (TPSA) is 63.6 Å². The first kappa shape index (κ1) is 14.8. The predicted molar refractivity (Wildman–Crippen MR) is 72.4 cm³/mol. The molecule has 1 aliphatic rings. The molecule has 0 aromatic heterocycles. The second-order valence-corrected chi connectivity index (χ2v) is 9.78. The van der Waals surface area contributed by atoms with E-state index < -0.39 is 20.8 Å². The molecule has 0 spiro atoms. The fraction of sp³-hybridized carbons (Fsp3) is 0.909. The van der Waals surface area contributed by atoms with Gasteiger partial charge >= 0.3 is 0 Å². The maximum atomic E-state index is 11.8. The van der Waals surface area contributed by atoms with Crippen LogP contribution in [0.3, 0.4) is 0 Å². The zero-order chi connectivity index (χ0) is 13.3. The molecule has 1 rings (SSSR count). The van der Waals surface area contributed by atoms with Gasteiger partial charge in [-0.15, -0.1) is 0 Å². The van der Waals surface area contributed by atoms with Gasteiger partial charge in [-0.3, -0.25) is 0 Å². The van der Waals surface area contributed by atoms with E-state index in [1.807, 2.05) is 20.8 Å². The Morgan fingerprint density at radius 3 is 2.06 bits per heavy atom. The summed E-state index contributed by atoms with van der Waals surface area (Å²) in [6.45, 7) is 5.65. The molecule has 1 saturated carbocycles. The van der Waals surface area contributed by atoms with E-state index in [-0.39, 0.29) is 10.00 Å². The first-order chi connectivity index (χ1) is 7.60. The molecule has 0 heterocycles. The van der Waals surface area contributed by atoms with Crippen LogP contribution in [0.15, 0.2) is 4.40 Å². The number of nitrogens with zero attached hydrogens (tertiary/aromatic N) is 1. The molecule has 1 aliphatic carbocycles. The lowest BCUT2D eigenvalue weighted by Gasteiger charge is -2.22. The standard InChI is InChI=1S/C11H21NO3S2/c1-11(2,3)16(13)12-9-5-7-10(8-6-9)17(4,14)15/h10H,5-8H2,1-4H3/t10?,16-/m0/s1. The molecule has 0 bridgehead atoms. The summed E-state index contributed by atoms with van der Waals surface area (Å²) in [6.07, 6.45) is 3.81. The van der Waals surface area contributed by atoms with E-state index in [4.69, 9.17) is 0 Å². The monoisotopic (exact) mass is 279 g/mol. The Kier molecular flexibility index (Phi) is 4.52. The van der Waals surface area contributed by atoms with Crippen LogP contribution >= 0.6 is 0 Å². The largest absolute Gasteiger partial charge is 0.234 e. The van der Waals surface area contributed by atoms with Crippen LogP contribution in [-0.4, -0.2) is 34.6 Å². The molecule has 0 aromatic carbocycles. The van der Waals surface area contributed by atoms with Crippen LogP contribution in [-0.2, 0) is 20.8 Å². The van der Waals surface area contributed by atoms with Gasteiger partial charge < -0.3 is 0 Å². The summed E-state index contributed by atoms with van der Waals surface area (Å²) in [5.41, 5.74) is 0.901. The molecule has 0 unspecified atom stereocenters. The predicted octanol–water partition coefficient (Wildman–Crippen LogP) is 1.88. The number of rotatable bonds is 2. The summed E-state index contributed by atoms with van der Waals surface area (Å²) in [5.74, 6) is 0. The molecule has 0 N–H and O–H groups in total. The van der Waals surface area contributed by atoms with Crippen molar-refractivity contribution in [3.8, 4) is 0 Å². The van der Waals surface area contributed by atoms with Crippen LogP contribution in [0.2, 0.25) is 0 Å². The molecule has 1 fully saturated rings. The van der Waals surface area contributed by atoms with Crippen molar-refractivity contribution in [1.29, 1.82) is 0 Å². The van der Waals surface area contributed by atoms with Crippen molar-refractivity contribution in [2.24, 2.45) is 4.40 Å². The minimum absolute atomic E-state index is 0.246. The quantitative estimate of drug-likeness (QED) is 0.775. The van der Waals surface area contributed by atoms with Gasteiger partial charge in [0, 0.05) is 12.0 Å². The summed E-state index contributed by atoms with van der Waals surface area (Å²) >= 11 is 0. The Bertz CT molecular complexity index is 422. The van der Waals surface area contributed by atoms with Gasteiger partial charge in [-0.1, -0.05) is 0 Å². The normalized spacial score (nSPS) is 24.5. The van der Waals surface area contributed by atoms with Crippen molar-refractivity contribution in [1.82, 2.24) is 0 Å². The van der Waals surface area contributed by atoms with Crippen LogP contribution < -0.4 is 0 Å². The first-order valence-electron chi connectivity index (χ1n) is 5.78. The van der Waals surface area contributed by atoms with E-state index >= 15 is 0 Å². The molecule has 100 valence electrons. The molecule has 0 amide bonds. The summed E-state index contributed by atoms with van der Waals surface area (Å²) in [6, 6.07) is 0. The molecular weight excluding hydrogens is 258 g/mol. The number of hydrogen-bond acceptors (Lipinski definition) is 3. The Hall–Kier alpha value is -0.230. The maximum Gasteiger partial charge on any atom is 0.150 e. The number of hydrogen-bond donors (Lipinski definition) is 0. The summed E-state index contributed by atoms with van der Waals surface area (Å²) in [4.78, 5) is 0. The second-order valence-electron chi connectivity index (χ2n) is 5.55. The molecule has 4 nitrogen and oxygen atoms in total. The Morgan fingerprint density at radius 1 is 1.24 bits per heavy atom. The number of sulfone groups is 1. The SMILES string of the molecule is CC(C)(C)[S@](=O)N=C1CCC(S(C)(=O)=O)CC1. The molecule has 0 aliphatic heterocycles. The lowest BCUT2D eigenvalue weighted by Crippen LogP contribution is -2.27. The van der Waals surface area contributed by atoms with Crippen molar-refractivity contribution in [3.05, 3.63) is 0 Å². The lowest BCUT2D eigenvalue weighted by molar-refractivity contribution is 0.562. The highest BCUT2D eigenvalue weighted by Crippen LogP contribution is 2.23. The third kappa shape index (κ3) is 4.50. The minimum atomic E-state index is -2.94. The molecule has 1 atom stereocenters. The Morgan fingerprint density at radius 2 is 1.71 bits per heavy atom. The molecule has 0 radical (unpaired) electrons. The van der Waals surface area contributed by atoms with E-state index in [1.54, 1.807) is 0 Å². The first-order valence-corrected chi connectivity index (χ1v) is 8.84. The lowest BCUT2D eigenvalue weighted by atomic mass is 9.98. The van der Waals surface area contributed by atoms with Crippen LogP contribution in [0, 0.1) is 0 Å². The van der Waals surface area contributed by atoms with Crippen molar-refractivity contribution in [2.45, 2.75) is 56.5 Å². The van der Waals surface area contributed by atoms with Crippen LogP contribution in [0.25, 0.3) is 0 Å². The minimum Gasteiger partial charge on any atom is -0.234 e. The van der Waals surface area contributed by atoms with Gasteiger partial charge in [-0.05, 0) is 46.5 Å². The smallest absolute Gasteiger partial charge is 0.150 e. The van der Waals surface area contributed by atoms with Crippen molar-refractivity contribution >= 4 is 26.5 Å². The van der Waals surface area contributed by atoms with Crippen molar-refractivity contribution < 1.29 is 12.6 Å². The molecule has 0 aromatic rings. The fourth-order valence-corrected chi connectivity index (χ4v) is 3.48. The molecule has 6 heteroatoms. The summed E-state index contributed by atoms with van der Waals surface area (Å²) < 4.78 is 38.4. The van der Waals surface area contributed by atoms with Gasteiger partial charge in [0.1, 0.15) is 20.8 Å². The van der Waals surface area contributed by atoms with E-state index in [2.05, 4.69) is 4.40 Å². The zero-order valence-electron chi connectivity index (χ0n) is 10.9. The van der Waals surface area contributed by atoms with E-state index in [0.717, 1.165) is 5.71 Å². The third-order valence-electron chi connectivity index (χ3n) is 2.85. The van der Waals surface area contributed by atoms with E-state index in [1.165, 1.54) is 6.26 Å². The highest BCUT2D eigenvalue weighted by Gasteiger charge is 2.27. The highest BCUT2D eigenvalue weighted by atomic mass is 32.2. The van der Waals surface area contributed by atoms with Crippen LogP contribution in [0.4, 0.5) is 0 Å². The van der Waals surface area contributed by atoms with Gasteiger partial charge in [0.05, 0.1) is 10.00 Å². The van der Waals surface area contributed by atoms with E-state index in [0.29, 0.717) is 25.7 Å². The third-order valence-corrected chi connectivity index (χ3v) is 6.01. The summed E-state index contributed by atoms with van der Waals surface area (Å²) in [5, 5.41) is -0.246. The van der Waals surface area contributed by atoms with Gasteiger partial charge in [0.15, 0.2) is 0 Å². The molecular formula is C11H21NO3S2. The fourth-order valence-electron chi connectivity index (χ4n) is 1.70. The Labute approximate surface area is 106 Å². The average molecular weight is 279 g/mol. The van der Waals surface area contributed by atoms with Gasteiger partial charge in [0.25, 0.3) is 0 Å². The van der Waals surface area contributed by atoms with Gasteiger partial charge in [-0.25, -0.2) is 12.6 Å². The van der Waals surface area contributed by atoms with Crippen LogP contribution in [0.5, 0.6) is 0 Å². The summed E-state index contributed by atoms with van der Waals surface area (Å²) in [7, 11) is -4.17. The van der Waals surface area contributed by atoms with Crippen molar-refractivity contribution in [2.75, 3.05) is 6.26 Å². The molecule has 17 heavy (non-hydrogen) atoms. The molecule has 0 saturated heterocycles. The van der Waals surface area contributed by atoms with Crippen LogP contribution in [0.1, 0.15) is 46.5 Å². The zero-order valence-corrected chi connectivity index (χ0v) is 12.5. The highest BCUT2D eigenvalue weighted by molar-refractivity contribution is 7.91. The Balaban J connectivity index is 2.65. The average Bonchev–Trinajstić information content (AvgIpc) is 2.15. The van der Waals surface area contributed by atoms with Crippen molar-refractivity contribution in [3.63, 3.8) is 0 Å². The van der Waals surface area contributed by atoms with Gasteiger partial charge in [-0.2, -0.15) is 4.40 Å². The van der Waals surface area contributed by atoms with Gasteiger partial charge in [0.2, 0.25) is 0 Å².